The van der Waals surface area contributed by atoms with E-state index in [1.54, 1.807) is 12.1 Å². The summed E-state index contributed by atoms with van der Waals surface area (Å²) in [6, 6.07) is 22.6. The molecule has 0 atom stereocenters. The second kappa shape index (κ2) is 10.2. The Hall–Kier alpha value is -4.90. The van der Waals surface area contributed by atoms with E-state index in [2.05, 4.69) is 10.3 Å². The molecule has 42 heavy (non-hydrogen) atoms. The van der Waals surface area contributed by atoms with Crippen LogP contribution in [0.3, 0.4) is 0 Å². The van der Waals surface area contributed by atoms with E-state index in [4.69, 9.17) is 9.40 Å². The van der Waals surface area contributed by atoms with Gasteiger partial charge in [-0.05, 0) is 54.1 Å². The van der Waals surface area contributed by atoms with Gasteiger partial charge < -0.3 is 14.7 Å². The zero-order valence-corrected chi connectivity index (χ0v) is 24.1. The van der Waals surface area contributed by atoms with Crippen molar-refractivity contribution in [2.75, 3.05) is 24.7 Å². The zero-order valence-electron chi connectivity index (χ0n) is 23.3. The van der Waals surface area contributed by atoms with Gasteiger partial charge in [0.15, 0.2) is 0 Å². The van der Waals surface area contributed by atoms with Gasteiger partial charge in [0.2, 0.25) is 10.0 Å². The predicted molar refractivity (Wildman–Crippen MR) is 167 cm³/mol. The van der Waals surface area contributed by atoms with Gasteiger partial charge in [-0.25, -0.2) is 17.8 Å². The Morgan fingerprint density at radius 3 is 2.45 bits per heavy atom. The molecule has 210 valence electrons. The number of carbonyl (C=O) groups is 1. The highest BCUT2D eigenvalue weighted by Gasteiger charge is 2.26. The standard InChI is InChI=1S/C31H26BFN4O4S/c1-34-31(38)28-23-15-22(18-5-4-6-19(13-18)30-35-24-12-9-20(32)14-25(24)36-30)26(37(2)42(3,39)40)16-27(23)41-29(28)17-7-10-21(33)11-8-17/h4-16H,32H2,1-3H3,(H,34,38)(H,35,36). The molecule has 4 aromatic carbocycles. The van der Waals surface area contributed by atoms with Crippen molar-refractivity contribution in [2.24, 2.45) is 0 Å². The molecular weight excluding hydrogens is 554 g/mol. The summed E-state index contributed by atoms with van der Waals surface area (Å²) in [4.78, 5) is 21.3. The normalized spacial score (nSPS) is 11.7. The fourth-order valence-corrected chi connectivity index (χ4v) is 5.56. The van der Waals surface area contributed by atoms with Crippen molar-refractivity contribution in [2.45, 2.75) is 0 Å². The fourth-order valence-electron chi connectivity index (χ4n) is 5.05. The Balaban J connectivity index is 1.60. The summed E-state index contributed by atoms with van der Waals surface area (Å²) in [5.74, 6) is 0.106. The molecule has 0 aliphatic carbocycles. The number of nitrogens with one attached hydrogen (secondary N) is 2. The van der Waals surface area contributed by atoms with Crippen LogP contribution in [0.25, 0.3) is 55.8 Å². The molecule has 0 radical (unpaired) electrons. The third-order valence-electron chi connectivity index (χ3n) is 7.29. The molecule has 0 aliphatic heterocycles. The van der Waals surface area contributed by atoms with Gasteiger partial charge in [0, 0.05) is 42.2 Å². The molecule has 11 heteroatoms. The first-order chi connectivity index (χ1) is 20.0. The van der Waals surface area contributed by atoms with Crippen LogP contribution < -0.4 is 15.1 Å². The number of rotatable bonds is 6. The lowest BCUT2D eigenvalue weighted by molar-refractivity contribution is 0.0964. The fraction of sp³-hybridized carbons (Fsp3) is 0.0968. The number of amides is 1. The van der Waals surface area contributed by atoms with Gasteiger partial charge in [0.05, 0.1) is 28.5 Å². The van der Waals surface area contributed by atoms with E-state index in [9.17, 15) is 17.6 Å². The van der Waals surface area contributed by atoms with Crippen LogP contribution in [0.4, 0.5) is 10.1 Å². The summed E-state index contributed by atoms with van der Waals surface area (Å²) in [5, 5.41) is 3.14. The van der Waals surface area contributed by atoms with Crippen LogP contribution in [0.15, 0.2) is 83.3 Å². The number of nitrogens with zero attached hydrogens (tertiary/aromatic N) is 2. The highest BCUT2D eigenvalue weighted by molar-refractivity contribution is 7.92. The highest BCUT2D eigenvalue weighted by atomic mass is 32.2. The molecule has 0 saturated carbocycles. The van der Waals surface area contributed by atoms with Crippen molar-refractivity contribution in [1.29, 1.82) is 0 Å². The van der Waals surface area contributed by atoms with Crippen LogP contribution in [-0.4, -0.2) is 52.5 Å². The number of anilines is 1. The van der Waals surface area contributed by atoms with Gasteiger partial charge in [0.1, 0.15) is 30.8 Å². The van der Waals surface area contributed by atoms with Gasteiger partial charge in [-0.2, -0.15) is 0 Å². The summed E-state index contributed by atoms with van der Waals surface area (Å²) < 4.78 is 46.5. The van der Waals surface area contributed by atoms with E-state index >= 15 is 0 Å². The Morgan fingerprint density at radius 2 is 1.74 bits per heavy atom. The Bertz CT molecular complexity index is 2120. The van der Waals surface area contributed by atoms with Crippen LogP contribution in [0.5, 0.6) is 0 Å². The quantitative estimate of drug-likeness (QED) is 0.283. The minimum atomic E-state index is -3.67. The van der Waals surface area contributed by atoms with Crippen molar-refractivity contribution in [3.63, 3.8) is 0 Å². The number of hydrogen-bond acceptors (Lipinski definition) is 5. The number of benzene rings is 4. The number of furan rings is 1. The lowest BCUT2D eigenvalue weighted by Gasteiger charge is -2.21. The lowest BCUT2D eigenvalue weighted by atomic mass is 9.96. The number of aromatic nitrogens is 2. The topological polar surface area (TPSA) is 108 Å². The molecule has 6 rings (SSSR count). The van der Waals surface area contributed by atoms with Crippen LogP contribution >= 0.6 is 0 Å². The summed E-state index contributed by atoms with van der Waals surface area (Å²) in [6.45, 7) is 0. The maximum absolute atomic E-state index is 13.7. The SMILES string of the molecule is Bc1ccc2nc(-c3cccc(-c4cc5c(C(=O)NC)c(-c6ccc(F)cc6)oc5cc4N(C)S(C)(=O)=O)c3)[nH]c2c1. The molecule has 0 aliphatic rings. The van der Waals surface area contributed by atoms with Crippen molar-refractivity contribution in [3.8, 4) is 33.8 Å². The number of aromatic amines is 1. The maximum Gasteiger partial charge on any atom is 0.255 e. The second-order valence-electron chi connectivity index (χ2n) is 10.2. The molecule has 0 spiro atoms. The number of imidazole rings is 1. The van der Waals surface area contributed by atoms with Gasteiger partial charge >= 0.3 is 0 Å². The van der Waals surface area contributed by atoms with Gasteiger partial charge in [0.25, 0.3) is 5.91 Å². The minimum absolute atomic E-state index is 0.251. The van der Waals surface area contributed by atoms with E-state index in [0.29, 0.717) is 39.2 Å². The van der Waals surface area contributed by atoms with E-state index < -0.39 is 21.7 Å². The molecule has 1 amide bonds. The van der Waals surface area contributed by atoms with E-state index in [1.165, 1.54) is 42.7 Å². The summed E-state index contributed by atoms with van der Waals surface area (Å²) in [6.07, 6.45) is 1.12. The number of carbonyl (C=O) groups excluding carboxylic acids is 1. The molecule has 0 fully saturated rings. The number of H-pyrrole nitrogens is 1. The van der Waals surface area contributed by atoms with Crippen molar-refractivity contribution < 1.29 is 22.0 Å². The Labute approximate surface area is 242 Å². The molecule has 2 heterocycles. The average molecular weight is 580 g/mol. The predicted octanol–water partition coefficient (Wildman–Crippen LogP) is 4.46. The minimum Gasteiger partial charge on any atom is -0.455 e. The van der Waals surface area contributed by atoms with Crippen molar-refractivity contribution in [1.82, 2.24) is 15.3 Å². The third kappa shape index (κ3) is 4.81. The van der Waals surface area contributed by atoms with Gasteiger partial charge in [-0.1, -0.05) is 29.7 Å². The molecule has 2 N–H and O–H groups in total. The van der Waals surface area contributed by atoms with E-state index in [-0.39, 0.29) is 11.3 Å². The second-order valence-corrected chi connectivity index (χ2v) is 12.2. The van der Waals surface area contributed by atoms with Crippen LogP contribution in [0, 0.1) is 5.82 Å². The average Bonchev–Trinajstić information content (AvgIpc) is 3.56. The van der Waals surface area contributed by atoms with Crippen molar-refractivity contribution in [3.05, 3.63) is 90.2 Å². The van der Waals surface area contributed by atoms with Crippen LogP contribution in [0.1, 0.15) is 10.4 Å². The molecule has 6 aromatic rings. The monoisotopic (exact) mass is 580 g/mol. The molecular formula is C31H26BFN4O4S. The summed E-state index contributed by atoms with van der Waals surface area (Å²) >= 11 is 0. The molecule has 2 aromatic heterocycles. The van der Waals surface area contributed by atoms with E-state index in [0.717, 1.165) is 28.3 Å². The molecule has 0 saturated heterocycles. The summed E-state index contributed by atoms with van der Waals surface area (Å²) in [7, 11) is 1.33. The first kappa shape index (κ1) is 27.3. The molecule has 0 unspecified atom stereocenters. The number of halogens is 1. The highest BCUT2D eigenvalue weighted by Crippen LogP contribution is 2.42. The van der Waals surface area contributed by atoms with Gasteiger partial charge in [-0.3, -0.25) is 9.10 Å². The maximum atomic E-state index is 13.7. The lowest BCUT2D eigenvalue weighted by Crippen LogP contribution is -2.25. The van der Waals surface area contributed by atoms with Crippen LogP contribution in [0.2, 0.25) is 0 Å². The third-order valence-corrected chi connectivity index (χ3v) is 8.48. The van der Waals surface area contributed by atoms with E-state index in [1.807, 2.05) is 50.3 Å². The smallest absolute Gasteiger partial charge is 0.255 e. The first-order valence-corrected chi connectivity index (χ1v) is 15.0. The van der Waals surface area contributed by atoms with Gasteiger partial charge in [-0.15, -0.1) is 0 Å². The van der Waals surface area contributed by atoms with Crippen LogP contribution in [-0.2, 0) is 10.0 Å². The zero-order chi connectivity index (χ0) is 29.8. The molecule has 0 bridgehead atoms. The number of hydrogen-bond donors (Lipinski definition) is 2. The Kier molecular flexibility index (Phi) is 6.61. The first-order valence-electron chi connectivity index (χ1n) is 13.1. The number of sulfonamides is 1. The largest absolute Gasteiger partial charge is 0.455 e. The van der Waals surface area contributed by atoms with Crippen molar-refractivity contribution >= 4 is 56.9 Å². The summed E-state index contributed by atoms with van der Waals surface area (Å²) in [5.41, 5.74) is 6.39. The number of fused-ring (bicyclic) bond motifs is 2. The Morgan fingerprint density at radius 1 is 1.00 bits per heavy atom. The molecule has 8 nitrogen and oxygen atoms in total.